The molecule has 4 rings (SSSR count). The van der Waals surface area contributed by atoms with Crippen LogP contribution in [0, 0.1) is 13.8 Å². The van der Waals surface area contributed by atoms with E-state index in [4.69, 9.17) is 9.15 Å². The summed E-state index contributed by atoms with van der Waals surface area (Å²) in [7, 11) is 0. The normalized spacial score (nSPS) is 10.7. The number of carbonyl (C=O) groups is 2. The van der Waals surface area contributed by atoms with E-state index in [1.165, 1.54) is 17.6 Å². The average molecular weight is 421 g/mol. The number of benzene rings is 2. The number of hydrogen-bond acceptors (Lipinski definition) is 6. The number of carbonyl (C=O) groups excluding carboxylic acids is 2. The molecule has 0 aliphatic carbocycles. The number of nitrogens with one attached hydrogen (secondary N) is 2. The first kappa shape index (κ1) is 19.7. The van der Waals surface area contributed by atoms with Gasteiger partial charge in [-0.2, -0.15) is 0 Å². The number of rotatable bonds is 6. The summed E-state index contributed by atoms with van der Waals surface area (Å²) >= 11 is 1.31. The van der Waals surface area contributed by atoms with Crippen LogP contribution in [0.4, 0.5) is 10.8 Å². The van der Waals surface area contributed by atoms with Crippen LogP contribution in [-0.2, 0) is 4.79 Å². The van der Waals surface area contributed by atoms with Crippen LogP contribution in [0.1, 0.15) is 21.7 Å². The predicted octanol–water partition coefficient (Wildman–Crippen LogP) is 4.78. The van der Waals surface area contributed by atoms with Crippen molar-refractivity contribution in [1.29, 1.82) is 0 Å². The van der Waals surface area contributed by atoms with Gasteiger partial charge in [0.05, 0.1) is 16.5 Å². The van der Waals surface area contributed by atoms with Gasteiger partial charge in [-0.1, -0.05) is 29.0 Å². The molecule has 0 aliphatic rings. The molecule has 2 aromatic heterocycles. The zero-order chi connectivity index (χ0) is 21.1. The fraction of sp³-hybridized carbons (Fsp3) is 0.136. The molecule has 2 N–H and O–H groups in total. The largest absolute Gasteiger partial charge is 0.483 e. The zero-order valence-corrected chi connectivity index (χ0v) is 17.2. The van der Waals surface area contributed by atoms with Crippen LogP contribution in [0.15, 0.2) is 59.2 Å². The topological polar surface area (TPSA) is 93.5 Å². The van der Waals surface area contributed by atoms with Crippen LogP contribution >= 0.6 is 11.3 Å². The second-order valence-corrected chi connectivity index (χ2v) is 7.77. The third-order valence-electron chi connectivity index (χ3n) is 4.33. The van der Waals surface area contributed by atoms with Crippen LogP contribution in [0.5, 0.6) is 5.75 Å². The Bertz CT molecular complexity index is 1210. The summed E-state index contributed by atoms with van der Waals surface area (Å²) in [6.45, 7) is 3.86. The summed E-state index contributed by atoms with van der Waals surface area (Å²) in [5, 5.41) is 5.98. The van der Waals surface area contributed by atoms with Crippen molar-refractivity contribution >= 4 is 44.2 Å². The van der Waals surface area contributed by atoms with Crippen LogP contribution in [-0.4, -0.2) is 23.4 Å². The minimum atomic E-state index is -0.365. The van der Waals surface area contributed by atoms with Crippen molar-refractivity contribution in [3.63, 3.8) is 0 Å². The molecule has 152 valence electrons. The molecule has 4 aromatic rings. The number of aryl methyl sites for hydroxylation is 2. The molecule has 0 unspecified atom stereocenters. The van der Waals surface area contributed by atoms with Gasteiger partial charge in [0.2, 0.25) is 0 Å². The second-order valence-electron chi connectivity index (χ2n) is 6.74. The third-order valence-corrected chi connectivity index (χ3v) is 5.26. The van der Waals surface area contributed by atoms with Crippen molar-refractivity contribution in [1.82, 2.24) is 4.98 Å². The zero-order valence-electron chi connectivity index (χ0n) is 16.4. The highest BCUT2D eigenvalue weighted by molar-refractivity contribution is 7.22. The lowest BCUT2D eigenvalue weighted by Gasteiger charge is -2.10. The predicted molar refractivity (Wildman–Crippen MR) is 116 cm³/mol. The fourth-order valence-electron chi connectivity index (χ4n) is 2.92. The quantitative estimate of drug-likeness (QED) is 0.467. The number of aromatic nitrogens is 1. The van der Waals surface area contributed by atoms with Gasteiger partial charge in [-0.15, -0.1) is 0 Å². The van der Waals surface area contributed by atoms with Gasteiger partial charge < -0.3 is 14.5 Å². The summed E-state index contributed by atoms with van der Waals surface area (Å²) in [5.41, 5.74) is 3.48. The van der Waals surface area contributed by atoms with Gasteiger partial charge >= 0.3 is 0 Å². The Hall–Kier alpha value is -3.65. The second kappa shape index (κ2) is 8.38. The minimum absolute atomic E-state index is 0.0882. The highest BCUT2D eigenvalue weighted by Crippen LogP contribution is 2.29. The van der Waals surface area contributed by atoms with Gasteiger partial charge in [-0.25, -0.2) is 4.98 Å². The van der Waals surface area contributed by atoms with Crippen molar-refractivity contribution in [2.45, 2.75) is 13.8 Å². The van der Waals surface area contributed by atoms with Crippen LogP contribution in [0.25, 0.3) is 10.2 Å². The van der Waals surface area contributed by atoms with Crippen LogP contribution in [0.3, 0.4) is 0 Å². The van der Waals surface area contributed by atoms with Crippen LogP contribution < -0.4 is 15.4 Å². The molecule has 0 saturated carbocycles. The Morgan fingerprint density at radius 2 is 1.97 bits per heavy atom. The van der Waals surface area contributed by atoms with Gasteiger partial charge in [0.25, 0.3) is 11.8 Å². The van der Waals surface area contributed by atoms with Gasteiger partial charge in [0.1, 0.15) is 5.75 Å². The summed E-state index contributed by atoms with van der Waals surface area (Å²) in [6, 6.07) is 14.4. The molecule has 0 fully saturated rings. The number of amides is 2. The summed E-state index contributed by atoms with van der Waals surface area (Å²) in [6.07, 6.45) is 1.44. The lowest BCUT2D eigenvalue weighted by Crippen LogP contribution is -2.20. The maximum absolute atomic E-state index is 12.3. The van der Waals surface area contributed by atoms with E-state index < -0.39 is 0 Å². The Morgan fingerprint density at radius 1 is 1.10 bits per heavy atom. The maximum atomic E-state index is 12.3. The van der Waals surface area contributed by atoms with Crippen LogP contribution in [0.2, 0.25) is 0 Å². The first-order valence-electron chi connectivity index (χ1n) is 9.23. The van der Waals surface area contributed by atoms with Crippen molar-refractivity contribution < 1.29 is 18.7 Å². The molecule has 0 bridgehead atoms. The lowest BCUT2D eigenvalue weighted by atomic mass is 10.1. The van der Waals surface area contributed by atoms with E-state index in [-0.39, 0.29) is 24.2 Å². The minimum Gasteiger partial charge on any atom is -0.483 e. The average Bonchev–Trinajstić information content (AvgIpc) is 3.36. The van der Waals surface area contributed by atoms with Gasteiger partial charge in [0.15, 0.2) is 17.5 Å². The van der Waals surface area contributed by atoms with Gasteiger partial charge in [0, 0.05) is 5.69 Å². The molecule has 0 radical (unpaired) electrons. The Labute approximate surface area is 176 Å². The number of hydrogen-bond donors (Lipinski definition) is 2. The van der Waals surface area contributed by atoms with E-state index in [1.54, 1.807) is 24.3 Å². The molecule has 0 aliphatic heterocycles. The van der Waals surface area contributed by atoms with Gasteiger partial charge in [-0.05, 0) is 55.8 Å². The highest BCUT2D eigenvalue weighted by Gasteiger charge is 2.13. The number of nitrogens with zero attached hydrogens (tertiary/aromatic N) is 1. The van der Waals surface area contributed by atoms with E-state index >= 15 is 0 Å². The number of fused-ring (bicyclic) bond motifs is 1. The standard InChI is InChI=1S/C22H19N3O4S/c1-13-5-8-17(14(2)10-13)29-12-20(26)23-15-6-7-16-19(11-15)30-22(24-16)25-21(27)18-4-3-9-28-18/h3-11H,12H2,1-2H3,(H,23,26)(H,24,25,27). The maximum Gasteiger partial charge on any atom is 0.293 e. The van der Waals surface area contributed by atoms with E-state index in [0.29, 0.717) is 16.6 Å². The van der Waals surface area contributed by atoms with Crippen molar-refractivity contribution in [3.05, 3.63) is 71.7 Å². The number of ether oxygens (including phenoxy) is 1. The molecule has 2 heterocycles. The molecular weight excluding hydrogens is 402 g/mol. The molecule has 0 spiro atoms. The smallest absolute Gasteiger partial charge is 0.293 e. The molecule has 7 nitrogen and oxygen atoms in total. The first-order chi connectivity index (χ1) is 14.5. The Balaban J connectivity index is 1.39. The molecule has 0 atom stereocenters. The monoisotopic (exact) mass is 421 g/mol. The number of furan rings is 1. The third kappa shape index (κ3) is 4.49. The SMILES string of the molecule is Cc1ccc(OCC(=O)Nc2ccc3nc(NC(=O)c4ccco4)sc3c2)c(C)c1. The summed E-state index contributed by atoms with van der Waals surface area (Å²) < 4.78 is 11.5. The van der Waals surface area contributed by atoms with Crippen molar-refractivity contribution in [2.75, 3.05) is 17.2 Å². The van der Waals surface area contributed by atoms with E-state index in [2.05, 4.69) is 15.6 Å². The summed E-state index contributed by atoms with van der Waals surface area (Å²) in [5.74, 6) is 0.276. The molecule has 30 heavy (non-hydrogen) atoms. The van der Waals surface area contributed by atoms with E-state index in [9.17, 15) is 9.59 Å². The molecular formula is C22H19N3O4S. The van der Waals surface area contributed by atoms with E-state index in [0.717, 1.165) is 21.3 Å². The molecule has 2 aromatic carbocycles. The number of anilines is 2. The number of thiazole rings is 1. The Kier molecular flexibility index (Phi) is 5.49. The first-order valence-corrected chi connectivity index (χ1v) is 10.0. The van der Waals surface area contributed by atoms with Crippen molar-refractivity contribution in [3.8, 4) is 5.75 Å². The highest BCUT2D eigenvalue weighted by atomic mass is 32.1. The fourth-order valence-corrected chi connectivity index (χ4v) is 3.82. The summed E-state index contributed by atoms with van der Waals surface area (Å²) in [4.78, 5) is 28.7. The molecule has 8 heteroatoms. The van der Waals surface area contributed by atoms with E-state index in [1.807, 2.05) is 38.1 Å². The van der Waals surface area contributed by atoms with Gasteiger partial charge in [-0.3, -0.25) is 14.9 Å². The molecule has 2 amide bonds. The molecule has 0 saturated heterocycles. The Morgan fingerprint density at radius 3 is 2.73 bits per heavy atom. The van der Waals surface area contributed by atoms with Crippen molar-refractivity contribution in [2.24, 2.45) is 0 Å². The lowest BCUT2D eigenvalue weighted by molar-refractivity contribution is -0.118.